The van der Waals surface area contributed by atoms with Gasteiger partial charge in [0.1, 0.15) is 12.4 Å². The van der Waals surface area contributed by atoms with Gasteiger partial charge in [0.25, 0.3) is 0 Å². The molecule has 0 bridgehead atoms. The summed E-state index contributed by atoms with van der Waals surface area (Å²) in [6.45, 7) is 5.55. The highest BCUT2D eigenvalue weighted by molar-refractivity contribution is 14.0. The lowest BCUT2D eigenvalue weighted by molar-refractivity contribution is 0.0676. The van der Waals surface area contributed by atoms with Crippen molar-refractivity contribution < 1.29 is 9.47 Å². The van der Waals surface area contributed by atoms with E-state index in [4.69, 9.17) is 9.47 Å². The number of ether oxygens (including phenoxy) is 2. The van der Waals surface area contributed by atoms with E-state index in [-0.39, 0.29) is 30.1 Å². The molecule has 1 aliphatic heterocycles. The van der Waals surface area contributed by atoms with E-state index in [1.54, 1.807) is 13.2 Å². The highest BCUT2D eigenvalue weighted by Crippen LogP contribution is 2.22. The SMILES string of the molecule is CN=C(NCc1ccccc1Cn1cccn1)NCc1ccc(C)cc1OCC1CCCO1.I. The van der Waals surface area contributed by atoms with Crippen LogP contribution in [0.1, 0.15) is 35.1 Å². The van der Waals surface area contributed by atoms with E-state index in [9.17, 15) is 0 Å². The van der Waals surface area contributed by atoms with Gasteiger partial charge in [-0.1, -0.05) is 36.4 Å². The third-order valence-electron chi connectivity index (χ3n) is 5.80. The van der Waals surface area contributed by atoms with Gasteiger partial charge in [-0.05, 0) is 48.6 Å². The Hall–Kier alpha value is -2.59. The summed E-state index contributed by atoms with van der Waals surface area (Å²) in [6.07, 6.45) is 6.16. The minimum Gasteiger partial charge on any atom is -0.491 e. The molecule has 0 amide bonds. The average Bonchev–Trinajstić information content (AvgIpc) is 3.54. The highest BCUT2D eigenvalue weighted by Gasteiger charge is 2.17. The second-order valence-corrected chi connectivity index (χ2v) is 8.31. The van der Waals surface area contributed by atoms with Crippen LogP contribution >= 0.6 is 24.0 Å². The predicted octanol–water partition coefficient (Wildman–Crippen LogP) is 4.28. The Morgan fingerprint density at radius 1 is 1.12 bits per heavy atom. The van der Waals surface area contributed by atoms with Crippen molar-refractivity contribution in [2.45, 2.75) is 45.5 Å². The van der Waals surface area contributed by atoms with Crippen LogP contribution in [0.3, 0.4) is 0 Å². The number of aromatic nitrogens is 2. The van der Waals surface area contributed by atoms with Crippen molar-refractivity contribution in [1.82, 2.24) is 20.4 Å². The number of hydrogen-bond donors (Lipinski definition) is 2. The first-order chi connectivity index (χ1) is 16.2. The van der Waals surface area contributed by atoms with Crippen molar-refractivity contribution in [3.63, 3.8) is 0 Å². The van der Waals surface area contributed by atoms with Gasteiger partial charge in [0.15, 0.2) is 5.96 Å². The third kappa shape index (κ3) is 7.46. The van der Waals surface area contributed by atoms with Crippen molar-refractivity contribution in [1.29, 1.82) is 0 Å². The summed E-state index contributed by atoms with van der Waals surface area (Å²) in [5, 5.41) is 11.2. The van der Waals surface area contributed by atoms with E-state index >= 15 is 0 Å². The van der Waals surface area contributed by atoms with E-state index in [0.717, 1.165) is 43.3 Å². The van der Waals surface area contributed by atoms with Crippen LogP contribution in [0.25, 0.3) is 0 Å². The number of rotatable bonds is 9. The number of nitrogens with zero attached hydrogens (tertiary/aromatic N) is 3. The van der Waals surface area contributed by atoms with Crippen LogP contribution in [0, 0.1) is 6.92 Å². The molecule has 8 heteroatoms. The van der Waals surface area contributed by atoms with Gasteiger partial charge in [-0.25, -0.2) is 0 Å². The molecule has 2 heterocycles. The lowest BCUT2D eigenvalue weighted by Crippen LogP contribution is -2.36. The second-order valence-electron chi connectivity index (χ2n) is 8.31. The summed E-state index contributed by atoms with van der Waals surface area (Å²) < 4.78 is 13.8. The Bertz CT molecular complexity index is 1050. The zero-order chi connectivity index (χ0) is 22.9. The molecule has 1 aliphatic rings. The summed E-state index contributed by atoms with van der Waals surface area (Å²) in [6, 6.07) is 16.6. The van der Waals surface area contributed by atoms with Crippen LogP contribution in [-0.4, -0.2) is 42.1 Å². The second kappa shape index (κ2) is 13.3. The van der Waals surface area contributed by atoms with E-state index in [0.29, 0.717) is 19.7 Å². The zero-order valence-electron chi connectivity index (χ0n) is 19.9. The molecule has 7 nitrogen and oxygen atoms in total. The van der Waals surface area contributed by atoms with E-state index in [2.05, 4.69) is 70.1 Å². The van der Waals surface area contributed by atoms with Crippen molar-refractivity contribution in [2.24, 2.45) is 4.99 Å². The molecule has 1 fully saturated rings. The number of aryl methyl sites for hydroxylation is 1. The summed E-state index contributed by atoms with van der Waals surface area (Å²) in [5.41, 5.74) is 4.72. The number of nitrogens with one attached hydrogen (secondary N) is 2. The van der Waals surface area contributed by atoms with Crippen molar-refractivity contribution in [2.75, 3.05) is 20.3 Å². The van der Waals surface area contributed by atoms with Crippen LogP contribution in [0.15, 0.2) is 65.9 Å². The molecule has 1 atom stereocenters. The minimum absolute atomic E-state index is 0. The summed E-state index contributed by atoms with van der Waals surface area (Å²) >= 11 is 0. The maximum Gasteiger partial charge on any atom is 0.191 e. The molecule has 2 aromatic carbocycles. The molecule has 4 rings (SSSR count). The predicted molar refractivity (Wildman–Crippen MR) is 146 cm³/mol. The molecule has 182 valence electrons. The van der Waals surface area contributed by atoms with Crippen LogP contribution in [0.5, 0.6) is 5.75 Å². The minimum atomic E-state index is 0. The Labute approximate surface area is 219 Å². The topological polar surface area (TPSA) is 72.7 Å². The number of aliphatic imine (C=N–C) groups is 1. The smallest absolute Gasteiger partial charge is 0.191 e. The van der Waals surface area contributed by atoms with Gasteiger partial charge >= 0.3 is 0 Å². The molecule has 0 saturated carbocycles. The lowest BCUT2D eigenvalue weighted by Gasteiger charge is -2.17. The van der Waals surface area contributed by atoms with E-state index in [1.165, 1.54) is 16.7 Å². The van der Waals surface area contributed by atoms with Crippen molar-refractivity contribution in [3.8, 4) is 5.75 Å². The van der Waals surface area contributed by atoms with Gasteiger partial charge in [-0.2, -0.15) is 5.10 Å². The van der Waals surface area contributed by atoms with Crippen LogP contribution < -0.4 is 15.4 Å². The number of hydrogen-bond acceptors (Lipinski definition) is 4. The maximum atomic E-state index is 6.13. The number of benzene rings is 2. The van der Waals surface area contributed by atoms with Crippen LogP contribution in [-0.2, 0) is 24.4 Å². The molecule has 1 aromatic heterocycles. The molecular formula is C26H34IN5O2. The molecule has 0 aliphatic carbocycles. The summed E-state index contributed by atoms with van der Waals surface area (Å²) in [7, 11) is 1.79. The Morgan fingerprint density at radius 3 is 2.62 bits per heavy atom. The quantitative estimate of drug-likeness (QED) is 0.227. The molecule has 1 saturated heterocycles. The first-order valence-corrected chi connectivity index (χ1v) is 11.5. The fourth-order valence-electron chi connectivity index (χ4n) is 3.93. The van der Waals surface area contributed by atoms with Gasteiger partial charge in [0.2, 0.25) is 0 Å². The molecule has 0 spiro atoms. The molecule has 1 unspecified atom stereocenters. The first kappa shape index (κ1) is 26.0. The Morgan fingerprint density at radius 2 is 1.91 bits per heavy atom. The van der Waals surface area contributed by atoms with Gasteiger partial charge in [0.05, 0.1) is 12.6 Å². The number of guanidine groups is 1. The van der Waals surface area contributed by atoms with Gasteiger partial charge in [-0.3, -0.25) is 9.67 Å². The normalized spacial score (nSPS) is 15.6. The van der Waals surface area contributed by atoms with Crippen molar-refractivity contribution >= 4 is 29.9 Å². The first-order valence-electron chi connectivity index (χ1n) is 11.5. The summed E-state index contributed by atoms with van der Waals surface area (Å²) in [4.78, 5) is 4.40. The van der Waals surface area contributed by atoms with E-state index in [1.807, 2.05) is 16.9 Å². The monoisotopic (exact) mass is 575 g/mol. The number of halogens is 1. The molecule has 3 aromatic rings. The van der Waals surface area contributed by atoms with Crippen LogP contribution in [0.4, 0.5) is 0 Å². The average molecular weight is 575 g/mol. The molecule has 2 N–H and O–H groups in total. The fraction of sp³-hybridized carbons (Fsp3) is 0.385. The Kier molecular flexibility index (Phi) is 10.2. The third-order valence-corrected chi connectivity index (χ3v) is 5.80. The van der Waals surface area contributed by atoms with Gasteiger partial charge in [-0.15, -0.1) is 24.0 Å². The van der Waals surface area contributed by atoms with E-state index < -0.39 is 0 Å². The van der Waals surface area contributed by atoms with Crippen molar-refractivity contribution in [3.05, 3.63) is 83.2 Å². The molecule has 34 heavy (non-hydrogen) atoms. The molecule has 0 radical (unpaired) electrons. The largest absolute Gasteiger partial charge is 0.491 e. The van der Waals surface area contributed by atoms with Gasteiger partial charge in [0, 0.05) is 44.7 Å². The van der Waals surface area contributed by atoms with Crippen LogP contribution in [0.2, 0.25) is 0 Å². The fourth-order valence-corrected chi connectivity index (χ4v) is 3.93. The lowest BCUT2D eigenvalue weighted by atomic mass is 10.1. The highest BCUT2D eigenvalue weighted by atomic mass is 127. The standard InChI is InChI=1S/C26H33N5O2.HI/c1-20-10-11-22(25(15-20)33-19-24-9-5-14-32-24)17-29-26(27-2)28-16-21-7-3-4-8-23(21)18-31-13-6-12-30-31;/h3-4,6-8,10-13,15,24H,5,9,14,16-19H2,1-2H3,(H2,27,28,29);1H. The summed E-state index contributed by atoms with van der Waals surface area (Å²) in [5.74, 6) is 1.65. The molecular weight excluding hydrogens is 541 g/mol. The maximum absolute atomic E-state index is 6.13. The Balaban J connectivity index is 0.00000324. The zero-order valence-corrected chi connectivity index (χ0v) is 22.2. The van der Waals surface area contributed by atoms with Gasteiger partial charge < -0.3 is 20.1 Å².